The smallest absolute Gasteiger partial charge is 0.224 e. The van der Waals surface area contributed by atoms with Gasteiger partial charge in [0.25, 0.3) is 0 Å². The van der Waals surface area contributed by atoms with Gasteiger partial charge in [-0.05, 0) is 24.5 Å². The van der Waals surface area contributed by atoms with Crippen LogP contribution in [-0.4, -0.2) is 16.5 Å². The second-order valence-electron chi connectivity index (χ2n) is 4.60. The van der Waals surface area contributed by atoms with E-state index in [0.29, 0.717) is 6.54 Å². The van der Waals surface area contributed by atoms with Crippen LogP contribution in [0.1, 0.15) is 24.8 Å². The monoisotopic (exact) mass is 221 g/mol. The number of nitrogens with one attached hydrogen (secondary N) is 1. The molecule has 0 saturated heterocycles. The van der Waals surface area contributed by atoms with Crippen LogP contribution in [0.4, 0.5) is 0 Å². The molecule has 1 aliphatic rings. The van der Waals surface area contributed by atoms with Crippen LogP contribution in [0.15, 0.2) is 18.5 Å². The van der Waals surface area contributed by atoms with Crippen LogP contribution in [0.2, 0.25) is 0 Å². The van der Waals surface area contributed by atoms with Crippen molar-refractivity contribution >= 4 is 5.91 Å². The van der Waals surface area contributed by atoms with E-state index in [1.54, 1.807) is 0 Å². The zero-order chi connectivity index (χ0) is 11.5. The zero-order valence-electron chi connectivity index (χ0n) is 9.65. The van der Waals surface area contributed by atoms with Crippen molar-refractivity contribution in [2.24, 2.45) is 18.7 Å². The molecule has 4 nitrogen and oxygen atoms in total. The highest BCUT2D eigenvalue weighted by molar-refractivity contribution is 5.79. The molecule has 1 heterocycles. The van der Waals surface area contributed by atoms with Gasteiger partial charge in [0.15, 0.2) is 0 Å². The molecule has 0 radical (unpaired) electrons. The number of carbonyl (C=O) groups excluding carboxylic acids is 1. The summed E-state index contributed by atoms with van der Waals surface area (Å²) < 4.78 is 1.97. The summed E-state index contributed by atoms with van der Waals surface area (Å²) in [5.41, 5.74) is 7.02. The molecule has 2 rings (SSSR count). The van der Waals surface area contributed by atoms with Crippen molar-refractivity contribution in [3.8, 4) is 0 Å². The molecule has 1 aromatic rings. The molecule has 1 saturated carbocycles. The molecule has 0 spiro atoms. The van der Waals surface area contributed by atoms with Crippen molar-refractivity contribution < 1.29 is 4.79 Å². The molecular weight excluding hydrogens is 202 g/mol. The summed E-state index contributed by atoms with van der Waals surface area (Å²) in [6, 6.07) is 2.06. The van der Waals surface area contributed by atoms with Gasteiger partial charge in [0.05, 0.1) is 5.92 Å². The van der Waals surface area contributed by atoms with Crippen LogP contribution in [0.5, 0.6) is 0 Å². The Morgan fingerprint density at radius 2 is 2.44 bits per heavy atom. The molecular formula is C12H19N3O. The fourth-order valence-corrected chi connectivity index (χ4v) is 2.30. The average Bonchev–Trinajstić information content (AvgIpc) is 2.84. The number of hydrogen-bond acceptors (Lipinski definition) is 2. The Hall–Kier alpha value is -1.29. The highest BCUT2D eigenvalue weighted by atomic mass is 16.1. The van der Waals surface area contributed by atoms with Gasteiger partial charge in [-0.25, -0.2) is 0 Å². The molecule has 0 aliphatic heterocycles. The van der Waals surface area contributed by atoms with Crippen LogP contribution in [0.25, 0.3) is 0 Å². The van der Waals surface area contributed by atoms with Crippen molar-refractivity contribution in [2.45, 2.75) is 31.8 Å². The van der Waals surface area contributed by atoms with Gasteiger partial charge in [0.2, 0.25) is 5.91 Å². The second kappa shape index (κ2) is 4.70. The number of rotatable bonds is 3. The number of amides is 1. The standard InChI is InChI=1S/C12H19N3O/c1-15-6-5-9(8-15)7-14-12(16)10-3-2-4-11(10)13/h5-6,8,10-11H,2-4,7,13H2,1H3,(H,14,16). The minimum Gasteiger partial charge on any atom is -0.357 e. The second-order valence-corrected chi connectivity index (χ2v) is 4.60. The number of aromatic nitrogens is 1. The fraction of sp³-hybridized carbons (Fsp3) is 0.583. The van der Waals surface area contributed by atoms with E-state index in [0.717, 1.165) is 24.8 Å². The Morgan fingerprint density at radius 3 is 3.00 bits per heavy atom. The molecule has 1 amide bonds. The number of nitrogens with zero attached hydrogens (tertiary/aromatic N) is 1. The Labute approximate surface area is 95.8 Å². The van der Waals surface area contributed by atoms with Crippen molar-refractivity contribution in [2.75, 3.05) is 0 Å². The maximum atomic E-state index is 11.8. The van der Waals surface area contributed by atoms with Crippen LogP contribution >= 0.6 is 0 Å². The van der Waals surface area contributed by atoms with Gasteiger partial charge < -0.3 is 15.6 Å². The quantitative estimate of drug-likeness (QED) is 0.792. The largest absolute Gasteiger partial charge is 0.357 e. The lowest BCUT2D eigenvalue weighted by Crippen LogP contribution is -2.38. The third-order valence-corrected chi connectivity index (χ3v) is 3.27. The van der Waals surface area contributed by atoms with Crippen LogP contribution in [0, 0.1) is 5.92 Å². The van der Waals surface area contributed by atoms with E-state index in [2.05, 4.69) is 5.32 Å². The van der Waals surface area contributed by atoms with Crippen LogP contribution < -0.4 is 11.1 Å². The summed E-state index contributed by atoms with van der Waals surface area (Å²) in [6.45, 7) is 0.600. The molecule has 88 valence electrons. The van der Waals surface area contributed by atoms with E-state index < -0.39 is 0 Å². The summed E-state index contributed by atoms with van der Waals surface area (Å²) >= 11 is 0. The lowest BCUT2D eigenvalue weighted by Gasteiger charge is -2.14. The highest BCUT2D eigenvalue weighted by Crippen LogP contribution is 2.23. The first-order valence-electron chi connectivity index (χ1n) is 5.81. The van der Waals surface area contributed by atoms with E-state index in [-0.39, 0.29) is 17.9 Å². The van der Waals surface area contributed by atoms with Crippen molar-refractivity contribution in [3.63, 3.8) is 0 Å². The summed E-state index contributed by atoms with van der Waals surface area (Å²) in [5.74, 6) is 0.123. The minimum absolute atomic E-state index is 0.0173. The van der Waals surface area contributed by atoms with E-state index in [1.807, 2.05) is 30.1 Å². The van der Waals surface area contributed by atoms with E-state index >= 15 is 0 Å². The van der Waals surface area contributed by atoms with Gasteiger partial charge in [-0.1, -0.05) is 6.42 Å². The Kier molecular flexibility index (Phi) is 3.29. The van der Waals surface area contributed by atoms with Crippen molar-refractivity contribution in [3.05, 3.63) is 24.0 Å². The summed E-state index contributed by atoms with van der Waals surface area (Å²) in [4.78, 5) is 11.8. The number of nitrogens with two attached hydrogens (primary N) is 1. The normalized spacial score (nSPS) is 24.6. The zero-order valence-corrected chi connectivity index (χ0v) is 9.65. The molecule has 2 unspecified atom stereocenters. The van der Waals surface area contributed by atoms with Gasteiger partial charge in [0, 0.05) is 32.0 Å². The minimum atomic E-state index is 0.0173. The van der Waals surface area contributed by atoms with Gasteiger partial charge in [0.1, 0.15) is 0 Å². The Morgan fingerprint density at radius 1 is 1.62 bits per heavy atom. The Bertz CT molecular complexity index is 372. The number of hydrogen-bond donors (Lipinski definition) is 2. The highest BCUT2D eigenvalue weighted by Gasteiger charge is 2.29. The first-order chi connectivity index (χ1) is 7.66. The maximum Gasteiger partial charge on any atom is 0.224 e. The van der Waals surface area contributed by atoms with E-state index in [9.17, 15) is 4.79 Å². The number of aryl methyl sites for hydroxylation is 1. The third kappa shape index (κ3) is 2.44. The van der Waals surface area contributed by atoms with E-state index in [4.69, 9.17) is 5.73 Å². The van der Waals surface area contributed by atoms with Gasteiger partial charge in [-0.3, -0.25) is 4.79 Å². The predicted octanol–water partition coefficient (Wildman–Crippen LogP) is 0.769. The first kappa shape index (κ1) is 11.2. The van der Waals surface area contributed by atoms with Crippen molar-refractivity contribution in [1.29, 1.82) is 0 Å². The lowest BCUT2D eigenvalue weighted by molar-refractivity contribution is -0.125. The predicted molar refractivity (Wildman–Crippen MR) is 62.6 cm³/mol. The van der Waals surface area contributed by atoms with E-state index in [1.165, 1.54) is 0 Å². The van der Waals surface area contributed by atoms with Crippen LogP contribution in [0.3, 0.4) is 0 Å². The van der Waals surface area contributed by atoms with Crippen LogP contribution in [-0.2, 0) is 18.4 Å². The van der Waals surface area contributed by atoms with Gasteiger partial charge in [-0.15, -0.1) is 0 Å². The molecule has 16 heavy (non-hydrogen) atoms. The SMILES string of the molecule is Cn1ccc(CNC(=O)C2CCCC2N)c1. The number of carbonyl (C=O) groups is 1. The Balaban J connectivity index is 1.83. The van der Waals surface area contributed by atoms with Gasteiger partial charge >= 0.3 is 0 Å². The maximum absolute atomic E-state index is 11.8. The van der Waals surface area contributed by atoms with Crippen molar-refractivity contribution in [1.82, 2.24) is 9.88 Å². The first-order valence-corrected chi connectivity index (χ1v) is 5.81. The molecule has 1 aliphatic carbocycles. The topological polar surface area (TPSA) is 60.0 Å². The molecule has 4 heteroatoms. The van der Waals surface area contributed by atoms with Gasteiger partial charge in [-0.2, -0.15) is 0 Å². The lowest BCUT2D eigenvalue weighted by atomic mass is 10.0. The molecule has 0 aromatic carbocycles. The fourth-order valence-electron chi connectivity index (χ4n) is 2.30. The summed E-state index contributed by atoms with van der Waals surface area (Å²) in [5, 5.41) is 2.95. The average molecular weight is 221 g/mol. The molecule has 1 fully saturated rings. The third-order valence-electron chi connectivity index (χ3n) is 3.27. The molecule has 0 bridgehead atoms. The summed E-state index contributed by atoms with van der Waals surface area (Å²) in [7, 11) is 1.97. The summed E-state index contributed by atoms with van der Waals surface area (Å²) in [6.07, 6.45) is 6.97. The molecule has 3 N–H and O–H groups in total. The molecule has 2 atom stereocenters. The molecule has 1 aromatic heterocycles.